The summed E-state index contributed by atoms with van der Waals surface area (Å²) in [5.74, 6) is -2.20. The Morgan fingerprint density at radius 2 is 1.67 bits per heavy atom. The van der Waals surface area contributed by atoms with Gasteiger partial charge < -0.3 is 0 Å². The molecule has 21 heavy (non-hydrogen) atoms. The van der Waals surface area contributed by atoms with Gasteiger partial charge in [0.25, 0.3) is 0 Å². The average Bonchev–Trinajstić information content (AvgIpc) is 2.37. The highest BCUT2D eigenvalue weighted by Crippen LogP contribution is 2.45. The van der Waals surface area contributed by atoms with Crippen LogP contribution in [0.5, 0.6) is 0 Å². The zero-order chi connectivity index (χ0) is 15.8. The van der Waals surface area contributed by atoms with Gasteiger partial charge in [-0.05, 0) is 24.1 Å². The minimum atomic E-state index is -4.83. The first-order valence-corrected chi connectivity index (χ1v) is 6.09. The highest BCUT2D eigenvalue weighted by atomic mass is 19.4. The number of rotatable bonds is 1. The molecule has 2 rings (SSSR count). The number of halogens is 6. The fourth-order valence-corrected chi connectivity index (χ4v) is 2.31. The van der Waals surface area contributed by atoms with Crippen LogP contribution < -0.4 is 0 Å². The van der Waals surface area contributed by atoms with E-state index >= 15 is 0 Å². The third-order valence-electron chi connectivity index (χ3n) is 3.38. The minimum absolute atomic E-state index is 0.182. The smallest absolute Gasteiger partial charge is 0.261 e. The molecule has 0 aliphatic heterocycles. The minimum Gasteiger partial charge on any atom is -0.261 e. The number of hydrogen-bond acceptors (Lipinski definition) is 1. The van der Waals surface area contributed by atoms with Crippen LogP contribution in [0, 0.1) is 5.92 Å². The van der Waals surface area contributed by atoms with Gasteiger partial charge >= 0.3 is 12.4 Å². The number of allylic oxidation sites excluding steroid dienone is 4. The summed E-state index contributed by atoms with van der Waals surface area (Å²) < 4.78 is 77.3. The van der Waals surface area contributed by atoms with E-state index in [1.54, 1.807) is 6.07 Å². The second kappa shape index (κ2) is 5.20. The molecule has 0 amide bonds. The zero-order valence-corrected chi connectivity index (χ0v) is 10.8. The van der Waals surface area contributed by atoms with Gasteiger partial charge in [0.15, 0.2) is 0 Å². The molecular formula is C14H11F6N. The lowest BCUT2D eigenvalue weighted by Crippen LogP contribution is -2.28. The van der Waals surface area contributed by atoms with Crippen molar-refractivity contribution < 1.29 is 26.3 Å². The number of alkyl halides is 6. The maximum atomic E-state index is 13.0. The molecule has 0 fully saturated rings. The fraction of sp³-hybridized carbons (Fsp3) is 0.357. The maximum absolute atomic E-state index is 13.0. The van der Waals surface area contributed by atoms with Crippen molar-refractivity contribution >= 4 is 0 Å². The standard InChI is InChI=1S/C14H11F6N/c1-8-10(12-4-2-3-5-21-12)6-9(13(15,16)17)7-11(8)14(18,19)20/h2-8,10H,1H3. The van der Waals surface area contributed by atoms with E-state index in [1.807, 2.05) is 0 Å². The van der Waals surface area contributed by atoms with E-state index < -0.39 is 35.3 Å². The van der Waals surface area contributed by atoms with Crippen LogP contribution in [0.2, 0.25) is 0 Å². The van der Waals surface area contributed by atoms with Gasteiger partial charge in [-0.1, -0.05) is 19.1 Å². The Bertz CT molecular complexity index is 567. The first-order valence-electron chi connectivity index (χ1n) is 6.09. The summed E-state index contributed by atoms with van der Waals surface area (Å²) in [5.41, 5.74) is -2.29. The van der Waals surface area contributed by atoms with Crippen LogP contribution in [0.15, 0.2) is 47.7 Å². The summed E-state index contributed by atoms with van der Waals surface area (Å²) in [5, 5.41) is 0. The lowest BCUT2D eigenvalue weighted by Gasteiger charge is -2.30. The Balaban J connectivity index is 2.53. The molecule has 114 valence electrons. The van der Waals surface area contributed by atoms with Crippen LogP contribution in [0.4, 0.5) is 26.3 Å². The van der Waals surface area contributed by atoms with E-state index in [0.717, 1.165) is 6.08 Å². The predicted octanol–water partition coefficient (Wildman–Crippen LogP) is 4.79. The molecule has 1 heterocycles. The van der Waals surface area contributed by atoms with E-state index in [4.69, 9.17) is 0 Å². The van der Waals surface area contributed by atoms with Crippen molar-refractivity contribution in [3.63, 3.8) is 0 Å². The summed E-state index contributed by atoms with van der Waals surface area (Å²) in [6, 6.07) is 4.50. The van der Waals surface area contributed by atoms with Gasteiger partial charge in [0.2, 0.25) is 0 Å². The second-order valence-electron chi connectivity index (χ2n) is 4.79. The number of pyridine rings is 1. The van der Waals surface area contributed by atoms with Crippen LogP contribution >= 0.6 is 0 Å². The van der Waals surface area contributed by atoms with Gasteiger partial charge in [-0.15, -0.1) is 0 Å². The molecule has 0 saturated carbocycles. The van der Waals surface area contributed by atoms with E-state index in [2.05, 4.69) is 4.98 Å². The Labute approximate surface area is 117 Å². The average molecular weight is 307 g/mol. The van der Waals surface area contributed by atoms with Crippen molar-refractivity contribution in [2.75, 3.05) is 0 Å². The Morgan fingerprint density at radius 3 is 2.14 bits per heavy atom. The largest absolute Gasteiger partial charge is 0.416 e. The molecule has 2 unspecified atom stereocenters. The third-order valence-corrected chi connectivity index (χ3v) is 3.38. The molecule has 0 saturated heterocycles. The van der Waals surface area contributed by atoms with E-state index in [-0.39, 0.29) is 11.8 Å². The van der Waals surface area contributed by atoms with Crippen molar-refractivity contribution in [3.05, 3.63) is 53.4 Å². The molecular weight excluding hydrogens is 296 g/mol. The van der Waals surface area contributed by atoms with Crippen molar-refractivity contribution in [2.45, 2.75) is 25.2 Å². The second-order valence-corrected chi connectivity index (χ2v) is 4.79. The summed E-state index contributed by atoms with van der Waals surface area (Å²) >= 11 is 0. The van der Waals surface area contributed by atoms with E-state index in [9.17, 15) is 26.3 Å². The highest BCUT2D eigenvalue weighted by Gasteiger charge is 2.45. The zero-order valence-electron chi connectivity index (χ0n) is 10.8. The summed E-state index contributed by atoms with van der Waals surface area (Å²) in [6.45, 7) is 1.25. The molecule has 1 nitrogen and oxygen atoms in total. The molecule has 0 bridgehead atoms. The number of hydrogen-bond donors (Lipinski definition) is 0. The summed E-state index contributed by atoms with van der Waals surface area (Å²) in [4.78, 5) is 3.88. The highest BCUT2D eigenvalue weighted by molar-refractivity contribution is 5.40. The van der Waals surface area contributed by atoms with Crippen molar-refractivity contribution in [1.82, 2.24) is 4.98 Å². The molecule has 0 radical (unpaired) electrons. The molecule has 0 aromatic carbocycles. The van der Waals surface area contributed by atoms with Gasteiger partial charge in [-0.25, -0.2) is 0 Å². The molecule has 0 N–H and O–H groups in total. The van der Waals surface area contributed by atoms with Gasteiger partial charge in [-0.3, -0.25) is 4.98 Å². The van der Waals surface area contributed by atoms with Crippen LogP contribution in [-0.2, 0) is 0 Å². The predicted molar refractivity (Wildman–Crippen MR) is 64.4 cm³/mol. The molecule has 0 spiro atoms. The Morgan fingerprint density at radius 1 is 1.00 bits per heavy atom. The first-order chi connectivity index (χ1) is 9.60. The molecule has 1 aliphatic rings. The van der Waals surface area contributed by atoms with E-state index in [1.165, 1.54) is 25.3 Å². The summed E-state index contributed by atoms with van der Waals surface area (Å²) in [6.07, 6.45) is -7.30. The molecule has 7 heteroatoms. The van der Waals surface area contributed by atoms with Gasteiger partial charge in [0.1, 0.15) is 0 Å². The molecule has 2 atom stereocenters. The van der Waals surface area contributed by atoms with Crippen LogP contribution in [-0.4, -0.2) is 17.3 Å². The Kier molecular flexibility index (Phi) is 3.86. The molecule has 1 aromatic heterocycles. The van der Waals surface area contributed by atoms with Crippen LogP contribution in [0.1, 0.15) is 18.5 Å². The topological polar surface area (TPSA) is 12.9 Å². The normalized spacial score (nSPS) is 23.6. The van der Waals surface area contributed by atoms with Crippen molar-refractivity contribution in [1.29, 1.82) is 0 Å². The van der Waals surface area contributed by atoms with Crippen molar-refractivity contribution in [2.24, 2.45) is 5.92 Å². The van der Waals surface area contributed by atoms with Gasteiger partial charge in [0.05, 0.1) is 5.57 Å². The van der Waals surface area contributed by atoms with Crippen molar-refractivity contribution in [3.8, 4) is 0 Å². The first kappa shape index (κ1) is 15.6. The van der Waals surface area contributed by atoms with E-state index in [0.29, 0.717) is 0 Å². The monoisotopic (exact) mass is 307 g/mol. The fourth-order valence-electron chi connectivity index (χ4n) is 2.31. The molecule has 1 aliphatic carbocycles. The number of nitrogens with zero attached hydrogens (tertiary/aromatic N) is 1. The lowest BCUT2D eigenvalue weighted by molar-refractivity contribution is -0.103. The SMILES string of the molecule is CC1C(C(F)(F)F)=CC(C(F)(F)F)=CC1c1ccccn1. The lowest BCUT2D eigenvalue weighted by atomic mass is 9.78. The third kappa shape index (κ3) is 3.28. The van der Waals surface area contributed by atoms with Crippen LogP contribution in [0.25, 0.3) is 0 Å². The number of aromatic nitrogens is 1. The van der Waals surface area contributed by atoms with Gasteiger partial charge in [0, 0.05) is 23.4 Å². The maximum Gasteiger partial charge on any atom is 0.416 e. The molecule has 1 aromatic rings. The van der Waals surface area contributed by atoms with Gasteiger partial charge in [-0.2, -0.15) is 26.3 Å². The van der Waals surface area contributed by atoms with Crippen LogP contribution in [0.3, 0.4) is 0 Å². The quantitative estimate of drug-likeness (QED) is 0.680. The summed E-state index contributed by atoms with van der Waals surface area (Å²) in [7, 11) is 0. The Hall–Kier alpha value is -1.79.